The zero-order valence-corrected chi connectivity index (χ0v) is 15.6. The number of aromatic nitrogens is 2. The van der Waals surface area contributed by atoms with Crippen LogP contribution in [0.4, 0.5) is 0 Å². The fourth-order valence-corrected chi connectivity index (χ4v) is 4.57. The van der Waals surface area contributed by atoms with Crippen molar-refractivity contribution >= 4 is 40.3 Å². The van der Waals surface area contributed by atoms with E-state index in [-0.39, 0.29) is 12.1 Å². The standard InChI is InChI=1S/C18H15ClN4S2/c19-15-5-4-14(25-15)17-16(13-3-1-2-8-21-13)22-18(24)23(17)11-12-6-9-20-10-7-12/h1-10,16-17H,11H2,(H,22,24)/t16-,17-/m1/s1. The van der Waals surface area contributed by atoms with Crippen molar-refractivity contribution < 1.29 is 0 Å². The van der Waals surface area contributed by atoms with Crippen molar-refractivity contribution in [1.82, 2.24) is 20.2 Å². The van der Waals surface area contributed by atoms with Gasteiger partial charge in [-0.1, -0.05) is 17.7 Å². The monoisotopic (exact) mass is 386 g/mol. The number of nitrogens with one attached hydrogen (secondary N) is 1. The predicted octanol–water partition coefficient (Wildman–Crippen LogP) is 4.36. The molecule has 126 valence electrons. The van der Waals surface area contributed by atoms with Gasteiger partial charge in [0.2, 0.25) is 0 Å². The fourth-order valence-electron chi connectivity index (χ4n) is 3.06. The molecule has 1 saturated heterocycles. The van der Waals surface area contributed by atoms with Crippen molar-refractivity contribution in [2.45, 2.75) is 18.6 Å². The van der Waals surface area contributed by atoms with Crippen molar-refractivity contribution in [3.63, 3.8) is 0 Å². The molecule has 1 fully saturated rings. The van der Waals surface area contributed by atoms with Crippen molar-refractivity contribution in [2.24, 2.45) is 0 Å². The Bertz CT molecular complexity index is 869. The fraction of sp³-hybridized carbons (Fsp3) is 0.167. The quantitative estimate of drug-likeness (QED) is 0.674. The molecule has 1 N–H and O–H groups in total. The van der Waals surface area contributed by atoms with E-state index < -0.39 is 0 Å². The minimum atomic E-state index is -0.00902. The van der Waals surface area contributed by atoms with E-state index in [4.69, 9.17) is 23.8 Å². The Kier molecular flexibility index (Phi) is 4.65. The third-order valence-electron chi connectivity index (χ3n) is 4.19. The molecule has 3 aromatic heterocycles. The summed E-state index contributed by atoms with van der Waals surface area (Å²) in [6, 6.07) is 14.0. The second kappa shape index (κ2) is 7.07. The average Bonchev–Trinajstić information content (AvgIpc) is 3.20. The van der Waals surface area contributed by atoms with Gasteiger partial charge in [-0.2, -0.15) is 0 Å². The lowest BCUT2D eigenvalue weighted by Crippen LogP contribution is -2.28. The van der Waals surface area contributed by atoms with Crippen LogP contribution in [0.3, 0.4) is 0 Å². The molecule has 4 rings (SSSR count). The lowest BCUT2D eigenvalue weighted by atomic mass is 10.0. The summed E-state index contributed by atoms with van der Waals surface area (Å²) in [5, 5.41) is 4.17. The van der Waals surface area contributed by atoms with Gasteiger partial charge in [-0.25, -0.2) is 0 Å². The Balaban J connectivity index is 1.72. The summed E-state index contributed by atoms with van der Waals surface area (Å²) in [6.07, 6.45) is 5.41. The molecule has 0 saturated carbocycles. The summed E-state index contributed by atoms with van der Waals surface area (Å²) in [7, 11) is 0. The Morgan fingerprint density at radius 1 is 1.12 bits per heavy atom. The smallest absolute Gasteiger partial charge is 0.170 e. The molecule has 7 heteroatoms. The minimum Gasteiger partial charge on any atom is -0.352 e. The van der Waals surface area contributed by atoms with Gasteiger partial charge in [-0.3, -0.25) is 9.97 Å². The Labute approximate surface area is 160 Å². The molecule has 2 atom stereocenters. The molecular formula is C18H15ClN4S2. The van der Waals surface area contributed by atoms with Crippen molar-refractivity contribution in [3.05, 3.63) is 81.5 Å². The summed E-state index contributed by atoms with van der Waals surface area (Å²) in [6.45, 7) is 0.706. The number of halogens is 1. The number of thiocarbonyl (C=S) groups is 1. The van der Waals surface area contributed by atoms with Gasteiger partial charge in [0.1, 0.15) is 0 Å². The number of hydrogen-bond acceptors (Lipinski definition) is 4. The molecule has 1 aliphatic heterocycles. The molecule has 4 heterocycles. The van der Waals surface area contributed by atoms with Gasteiger partial charge in [-0.15, -0.1) is 11.3 Å². The Morgan fingerprint density at radius 2 is 1.96 bits per heavy atom. The van der Waals surface area contributed by atoms with E-state index in [2.05, 4.69) is 26.3 Å². The Morgan fingerprint density at radius 3 is 2.64 bits per heavy atom. The second-order valence-corrected chi connectivity index (χ2v) is 7.89. The first-order valence-corrected chi connectivity index (χ1v) is 9.45. The molecular weight excluding hydrogens is 372 g/mol. The van der Waals surface area contributed by atoms with Crippen LogP contribution in [0, 0.1) is 0 Å². The van der Waals surface area contributed by atoms with E-state index in [0.717, 1.165) is 20.7 Å². The highest BCUT2D eigenvalue weighted by molar-refractivity contribution is 7.80. The van der Waals surface area contributed by atoms with Crippen LogP contribution < -0.4 is 5.32 Å². The van der Waals surface area contributed by atoms with Crippen LogP contribution in [0.1, 0.15) is 28.2 Å². The number of nitrogens with zero attached hydrogens (tertiary/aromatic N) is 3. The van der Waals surface area contributed by atoms with E-state index in [0.29, 0.717) is 6.54 Å². The maximum atomic E-state index is 6.20. The normalized spacial score (nSPS) is 19.9. The minimum absolute atomic E-state index is 0.00902. The van der Waals surface area contributed by atoms with E-state index in [1.807, 2.05) is 42.6 Å². The second-order valence-electron chi connectivity index (χ2n) is 5.75. The zero-order chi connectivity index (χ0) is 17.2. The van der Waals surface area contributed by atoms with Crippen LogP contribution in [-0.4, -0.2) is 20.0 Å². The molecule has 0 spiro atoms. The van der Waals surface area contributed by atoms with Crippen LogP contribution in [-0.2, 0) is 6.54 Å². The molecule has 0 amide bonds. The third kappa shape index (κ3) is 3.38. The van der Waals surface area contributed by atoms with E-state index in [1.54, 1.807) is 23.7 Å². The summed E-state index contributed by atoms with van der Waals surface area (Å²) >= 11 is 13.4. The van der Waals surface area contributed by atoms with Crippen LogP contribution >= 0.6 is 35.2 Å². The summed E-state index contributed by atoms with van der Waals surface area (Å²) < 4.78 is 0.774. The first-order chi connectivity index (χ1) is 12.2. The summed E-state index contributed by atoms with van der Waals surface area (Å²) in [5.41, 5.74) is 2.13. The molecule has 0 bridgehead atoms. The molecule has 3 aromatic rings. The zero-order valence-electron chi connectivity index (χ0n) is 13.2. The summed E-state index contributed by atoms with van der Waals surface area (Å²) in [4.78, 5) is 12.0. The lowest BCUT2D eigenvalue weighted by molar-refractivity contribution is 0.315. The maximum Gasteiger partial charge on any atom is 0.170 e. The van der Waals surface area contributed by atoms with E-state index in [9.17, 15) is 0 Å². The number of rotatable bonds is 4. The lowest BCUT2D eigenvalue weighted by Gasteiger charge is -2.26. The van der Waals surface area contributed by atoms with Crippen molar-refractivity contribution in [1.29, 1.82) is 0 Å². The molecule has 0 aliphatic carbocycles. The van der Waals surface area contributed by atoms with E-state index in [1.165, 1.54) is 4.88 Å². The number of thiophene rings is 1. The van der Waals surface area contributed by atoms with Crippen LogP contribution in [0.15, 0.2) is 61.1 Å². The highest BCUT2D eigenvalue weighted by Crippen LogP contribution is 2.42. The van der Waals surface area contributed by atoms with Gasteiger partial charge in [0.15, 0.2) is 5.11 Å². The van der Waals surface area contributed by atoms with Gasteiger partial charge >= 0.3 is 0 Å². The molecule has 1 aliphatic rings. The topological polar surface area (TPSA) is 41.1 Å². The SMILES string of the molecule is S=C1N[C@H](c2ccccn2)[C@@H](c2ccc(Cl)s2)N1Cc1ccncc1. The molecule has 4 nitrogen and oxygen atoms in total. The predicted molar refractivity (Wildman–Crippen MR) is 105 cm³/mol. The first-order valence-electron chi connectivity index (χ1n) is 7.84. The van der Waals surface area contributed by atoms with Crippen LogP contribution in [0.2, 0.25) is 4.34 Å². The largest absolute Gasteiger partial charge is 0.352 e. The molecule has 0 radical (unpaired) electrons. The molecule has 0 aromatic carbocycles. The van der Waals surface area contributed by atoms with Crippen molar-refractivity contribution in [3.8, 4) is 0 Å². The third-order valence-corrected chi connectivity index (χ3v) is 5.84. The van der Waals surface area contributed by atoms with Crippen molar-refractivity contribution in [2.75, 3.05) is 0 Å². The van der Waals surface area contributed by atoms with Gasteiger partial charge < -0.3 is 10.2 Å². The molecule has 25 heavy (non-hydrogen) atoms. The van der Waals surface area contributed by atoms with Gasteiger partial charge in [-0.05, 0) is 54.2 Å². The maximum absolute atomic E-state index is 6.20. The highest BCUT2D eigenvalue weighted by Gasteiger charge is 2.40. The van der Waals surface area contributed by atoms with Crippen LogP contribution in [0.5, 0.6) is 0 Å². The van der Waals surface area contributed by atoms with Gasteiger partial charge in [0.05, 0.1) is 22.1 Å². The van der Waals surface area contributed by atoms with Crippen LogP contribution in [0.25, 0.3) is 0 Å². The Hall–Kier alpha value is -2.02. The number of pyridine rings is 2. The number of hydrogen-bond donors (Lipinski definition) is 1. The highest BCUT2D eigenvalue weighted by atomic mass is 35.5. The first kappa shape index (κ1) is 16.4. The average molecular weight is 387 g/mol. The molecule has 0 unspecified atom stereocenters. The van der Waals surface area contributed by atoms with E-state index >= 15 is 0 Å². The summed E-state index contributed by atoms with van der Waals surface area (Å²) in [5.74, 6) is 0. The van der Waals surface area contributed by atoms with Gasteiger partial charge in [0.25, 0.3) is 0 Å². The van der Waals surface area contributed by atoms with Gasteiger partial charge in [0, 0.05) is 30.0 Å².